The summed E-state index contributed by atoms with van der Waals surface area (Å²) in [5.41, 5.74) is 0.851. The van der Waals surface area contributed by atoms with Crippen LogP contribution in [0.15, 0.2) is 28.7 Å². The molecule has 1 aromatic rings. The standard InChI is InChI=1S/C17H26BrN3O.ClH/c1-13(17(22)20-16-5-3-15(18)4-6-16)21-11-8-14(9-12-21)7-10-19-2;/h3-6,13-14,19H,7-12H2,1-2H3,(H,20,22);1H. The summed E-state index contributed by atoms with van der Waals surface area (Å²) in [6, 6.07) is 7.63. The number of hydrogen-bond acceptors (Lipinski definition) is 3. The van der Waals surface area contributed by atoms with Crippen LogP contribution in [0.1, 0.15) is 26.2 Å². The molecule has 0 radical (unpaired) electrons. The molecule has 1 unspecified atom stereocenters. The number of nitrogens with zero attached hydrogens (tertiary/aromatic N) is 1. The van der Waals surface area contributed by atoms with Crippen LogP contribution >= 0.6 is 28.3 Å². The van der Waals surface area contributed by atoms with Crippen LogP contribution in [-0.4, -0.2) is 43.5 Å². The second-order valence-electron chi connectivity index (χ2n) is 6.04. The van der Waals surface area contributed by atoms with E-state index in [1.807, 2.05) is 38.2 Å². The van der Waals surface area contributed by atoms with E-state index in [2.05, 4.69) is 31.5 Å². The number of hydrogen-bond donors (Lipinski definition) is 2. The van der Waals surface area contributed by atoms with E-state index in [0.29, 0.717) is 0 Å². The lowest BCUT2D eigenvalue weighted by molar-refractivity contribution is -0.121. The summed E-state index contributed by atoms with van der Waals surface area (Å²) in [6.45, 7) is 5.12. The maximum atomic E-state index is 12.4. The van der Waals surface area contributed by atoms with E-state index in [1.165, 1.54) is 19.3 Å². The highest BCUT2D eigenvalue weighted by molar-refractivity contribution is 9.10. The zero-order valence-corrected chi connectivity index (χ0v) is 16.3. The van der Waals surface area contributed by atoms with Crippen LogP contribution in [0.5, 0.6) is 0 Å². The molecule has 1 heterocycles. The van der Waals surface area contributed by atoms with Crippen molar-refractivity contribution in [2.45, 2.75) is 32.2 Å². The topological polar surface area (TPSA) is 44.4 Å². The third kappa shape index (κ3) is 6.42. The van der Waals surface area contributed by atoms with Crippen molar-refractivity contribution in [2.24, 2.45) is 5.92 Å². The van der Waals surface area contributed by atoms with Crippen LogP contribution in [0.3, 0.4) is 0 Å². The SMILES string of the molecule is CNCCC1CCN(C(C)C(=O)Nc2ccc(Br)cc2)CC1.Cl. The molecule has 6 heteroatoms. The maximum Gasteiger partial charge on any atom is 0.241 e. The van der Waals surface area contributed by atoms with Gasteiger partial charge in [-0.2, -0.15) is 0 Å². The van der Waals surface area contributed by atoms with E-state index in [4.69, 9.17) is 0 Å². The Morgan fingerprint density at radius 3 is 2.48 bits per heavy atom. The molecule has 1 atom stereocenters. The van der Waals surface area contributed by atoms with E-state index in [9.17, 15) is 4.79 Å². The third-order valence-electron chi connectivity index (χ3n) is 4.49. The molecule has 1 aliphatic heterocycles. The number of benzene rings is 1. The molecule has 0 aromatic heterocycles. The number of anilines is 1. The molecule has 1 aromatic carbocycles. The van der Waals surface area contributed by atoms with E-state index in [1.54, 1.807) is 0 Å². The minimum atomic E-state index is -0.0751. The van der Waals surface area contributed by atoms with Crippen molar-refractivity contribution in [3.63, 3.8) is 0 Å². The summed E-state index contributed by atoms with van der Waals surface area (Å²) >= 11 is 3.40. The molecule has 130 valence electrons. The predicted molar refractivity (Wildman–Crippen MR) is 102 cm³/mol. The Kier molecular flexibility index (Phi) is 9.14. The molecule has 0 aliphatic carbocycles. The first-order valence-corrected chi connectivity index (χ1v) is 8.84. The largest absolute Gasteiger partial charge is 0.325 e. The zero-order chi connectivity index (χ0) is 15.9. The lowest BCUT2D eigenvalue weighted by Gasteiger charge is -2.35. The van der Waals surface area contributed by atoms with Crippen LogP contribution in [0.4, 0.5) is 5.69 Å². The first kappa shape index (κ1) is 20.4. The molecule has 4 nitrogen and oxygen atoms in total. The normalized spacial score (nSPS) is 17.3. The molecular formula is C17H27BrClN3O. The van der Waals surface area contributed by atoms with Gasteiger partial charge in [0.25, 0.3) is 0 Å². The average Bonchev–Trinajstić information content (AvgIpc) is 2.55. The number of carbonyl (C=O) groups excluding carboxylic acids is 1. The van der Waals surface area contributed by atoms with Gasteiger partial charge in [0.05, 0.1) is 6.04 Å². The van der Waals surface area contributed by atoms with Crippen molar-refractivity contribution in [1.82, 2.24) is 10.2 Å². The lowest BCUT2D eigenvalue weighted by Crippen LogP contribution is -2.46. The number of piperidine rings is 1. The Bertz CT molecular complexity index is 475. The van der Waals surface area contributed by atoms with E-state index in [-0.39, 0.29) is 24.4 Å². The quantitative estimate of drug-likeness (QED) is 0.762. The van der Waals surface area contributed by atoms with E-state index < -0.39 is 0 Å². The van der Waals surface area contributed by atoms with Gasteiger partial charge in [-0.1, -0.05) is 15.9 Å². The number of halogens is 2. The molecule has 2 rings (SSSR count). The van der Waals surface area contributed by atoms with Gasteiger partial charge in [0.2, 0.25) is 5.91 Å². The van der Waals surface area contributed by atoms with Crippen molar-refractivity contribution in [3.8, 4) is 0 Å². The summed E-state index contributed by atoms with van der Waals surface area (Å²) in [5, 5.41) is 6.22. The van der Waals surface area contributed by atoms with Crippen LogP contribution in [0.25, 0.3) is 0 Å². The molecule has 0 saturated carbocycles. The highest BCUT2D eigenvalue weighted by Crippen LogP contribution is 2.22. The van der Waals surface area contributed by atoms with Crippen LogP contribution < -0.4 is 10.6 Å². The highest BCUT2D eigenvalue weighted by Gasteiger charge is 2.26. The van der Waals surface area contributed by atoms with Gasteiger partial charge >= 0.3 is 0 Å². The fourth-order valence-corrected chi connectivity index (χ4v) is 3.19. The second-order valence-corrected chi connectivity index (χ2v) is 6.96. The molecular weight excluding hydrogens is 378 g/mol. The van der Waals surface area contributed by atoms with Gasteiger partial charge in [-0.25, -0.2) is 0 Å². The monoisotopic (exact) mass is 403 g/mol. The van der Waals surface area contributed by atoms with Crippen LogP contribution in [0.2, 0.25) is 0 Å². The summed E-state index contributed by atoms with van der Waals surface area (Å²) in [6.07, 6.45) is 3.62. The van der Waals surface area contributed by atoms with Crippen molar-refractivity contribution in [2.75, 3.05) is 32.0 Å². The molecule has 1 amide bonds. The fourth-order valence-electron chi connectivity index (χ4n) is 2.92. The summed E-state index contributed by atoms with van der Waals surface area (Å²) in [7, 11) is 2.00. The Morgan fingerprint density at radius 1 is 1.30 bits per heavy atom. The highest BCUT2D eigenvalue weighted by atomic mass is 79.9. The lowest BCUT2D eigenvalue weighted by atomic mass is 9.93. The summed E-state index contributed by atoms with van der Waals surface area (Å²) < 4.78 is 1.02. The van der Waals surface area contributed by atoms with Gasteiger partial charge in [0.15, 0.2) is 0 Å². The van der Waals surface area contributed by atoms with Crippen molar-refractivity contribution < 1.29 is 4.79 Å². The number of nitrogens with one attached hydrogen (secondary N) is 2. The molecule has 2 N–H and O–H groups in total. The number of rotatable bonds is 6. The van der Waals surface area contributed by atoms with Crippen molar-refractivity contribution in [1.29, 1.82) is 0 Å². The average molecular weight is 405 g/mol. The van der Waals surface area contributed by atoms with Gasteiger partial charge in [-0.3, -0.25) is 9.69 Å². The maximum absolute atomic E-state index is 12.4. The van der Waals surface area contributed by atoms with Gasteiger partial charge in [0, 0.05) is 10.2 Å². The second kappa shape index (κ2) is 10.3. The molecule has 1 saturated heterocycles. The first-order chi connectivity index (χ1) is 10.6. The van der Waals surface area contributed by atoms with Gasteiger partial charge in [-0.05, 0) is 83.1 Å². The van der Waals surface area contributed by atoms with E-state index in [0.717, 1.165) is 35.7 Å². The van der Waals surface area contributed by atoms with Gasteiger partial charge < -0.3 is 10.6 Å². The summed E-state index contributed by atoms with van der Waals surface area (Å²) in [4.78, 5) is 14.7. The van der Waals surface area contributed by atoms with Gasteiger partial charge in [0.1, 0.15) is 0 Å². The van der Waals surface area contributed by atoms with Crippen LogP contribution in [-0.2, 0) is 4.79 Å². The molecule has 0 spiro atoms. The van der Waals surface area contributed by atoms with Crippen LogP contribution in [0, 0.1) is 5.92 Å². The fraction of sp³-hybridized carbons (Fsp3) is 0.588. The zero-order valence-electron chi connectivity index (χ0n) is 13.8. The third-order valence-corrected chi connectivity index (χ3v) is 5.02. The summed E-state index contributed by atoms with van der Waals surface area (Å²) in [5.74, 6) is 0.876. The smallest absolute Gasteiger partial charge is 0.241 e. The molecule has 0 bridgehead atoms. The van der Waals surface area contributed by atoms with E-state index >= 15 is 0 Å². The number of carbonyl (C=O) groups is 1. The molecule has 1 aliphatic rings. The number of likely N-dealkylation sites (tertiary alicyclic amines) is 1. The minimum Gasteiger partial charge on any atom is -0.325 e. The minimum absolute atomic E-state index is 0. The Morgan fingerprint density at radius 2 is 1.91 bits per heavy atom. The Hall–Kier alpha value is -0.620. The molecule has 23 heavy (non-hydrogen) atoms. The number of amides is 1. The van der Waals surface area contributed by atoms with Crippen molar-refractivity contribution >= 4 is 39.9 Å². The Balaban J connectivity index is 0.00000264. The first-order valence-electron chi connectivity index (χ1n) is 8.05. The van der Waals surface area contributed by atoms with Crippen molar-refractivity contribution in [3.05, 3.63) is 28.7 Å². The molecule has 1 fully saturated rings. The Labute approximate surface area is 153 Å². The van der Waals surface area contributed by atoms with Gasteiger partial charge in [-0.15, -0.1) is 12.4 Å². The predicted octanol–water partition coefficient (Wildman–Crippen LogP) is 3.52.